The van der Waals surface area contributed by atoms with Gasteiger partial charge in [-0.05, 0) is 42.2 Å². The zero-order valence-corrected chi connectivity index (χ0v) is 18.2. The summed E-state index contributed by atoms with van der Waals surface area (Å²) in [4.78, 5) is 37.6. The summed E-state index contributed by atoms with van der Waals surface area (Å²) in [5, 5.41) is 15.4. The van der Waals surface area contributed by atoms with E-state index in [4.69, 9.17) is 5.11 Å². The van der Waals surface area contributed by atoms with Crippen LogP contribution < -0.4 is 10.6 Å². The topological polar surface area (TPSA) is 95.5 Å². The number of rotatable bonds is 8. The molecule has 30 heavy (non-hydrogen) atoms. The Balaban J connectivity index is 1.77. The van der Waals surface area contributed by atoms with E-state index in [9.17, 15) is 14.4 Å². The minimum absolute atomic E-state index is 0.0592. The van der Waals surface area contributed by atoms with E-state index in [1.54, 1.807) is 6.92 Å². The van der Waals surface area contributed by atoms with E-state index in [0.29, 0.717) is 23.0 Å². The molecule has 1 aliphatic rings. The van der Waals surface area contributed by atoms with Crippen molar-refractivity contribution in [2.45, 2.75) is 52.5 Å². The minimum atomic E-state index is -0.920. The van der Waals surface area contributed by atoms with Gasteiger partial charge < -0.3 is 15.7 Å². The van der Waals surface area contributed by atoms with Gasteiger partial charge in [0.2, 0.25) is 5.91 Å². The molecular weight excluding hydrogens is 400 g/mol. The van der Waals surface area contributed by atoms with Gasteiger partial charge in [-0.15, -0.1) is 11.3 Å². The zero-order valence-electron chi connectivity index (χ0n) is 17.4. The first-order valence-electron chi connectivity index (χ1n) is 10.3. The van der Waals surface area contributed by atoms with Crippen LogP contribution in [0.25, 0.3) is 0 Å². The Kier molecular flexibility index (Phi) is 7.26. The number of anilines is 1. The van der Waals surface area contributed by atoms with Crippen LogP contribution in [0.15, 0.2) is 30.3 Å². The minimum Gasteiger partial charge on any atom is -0.481 e. The van der Waals surface area contributed by atoms with Crippen molar-refractivity contribution in [2.24, 2.45) is 11.8 Å². The summed E-state index contributed by atoms with van der Waals surface area (Å²) < 4.78 is 0. The summed E-state index contributed by atoms with van der Waals surface area (Å²) in [6, 6.07) is 9.70. The summed E-state index contributed by atoms with van der Waals surface area (Å²) in [5.74, 6) is -1.08. The molecule has 2 unspecified atom stereocenters. The molecule has 2 aromatic rings. The largest absolute Gasteiger partial charge is 0.481 e. The molecule has 0 saturated heterocycles. The van der Waals surface area contributed by atoms with Crippen molar-refractivity contribution >= 4 is 34.1 Å². The molecule has 0 aliphatic heterocycles. The van der Waals surface area contributed by atoms with Gasteiger partial charge in [-0.1, -0.05) is 44.2 Å². The number of carboxylic acids is 1. The molecule has 1 aromatic heterocycles. The second-order valence-corrected chi connectivity index (χ2v) is 9.28. The maximum absolute atomic E-state index is 13.1. The summed E-state index contributed by atoms with van der Waals surface area (Å²) >= 11 is 1.48. The number of hydrogen-bond acceptors (Lipinski definition) is 4. The van der Waals surface area contributed by atoms with Crippen molar-refractivity contribution in [2.75, 3.05) is 5.32 Å². The Morgan fingerprint density at radius 2 is 1.93 bits per heavy atom. The van der Waals surface area contributed by atoms with Crippen LogP contribution in [0.5, 0.6) is 0 Å². The SMILES string of the molecule is CC(CC(=O)O)CC(=O)Nc1sc2c(c1C(=O)NCc1ccccc1)CCC(C)C2. The third kappa shape index (κ3) is 5.69. The molecule has 0 fully saturated rings. The van der Waals surface area contributed by atoms with E-state index < -0.39 is 5.97 Å². The van der Waals surface area contributed by atoms with Crippen LogP contribution in [0.3, 0.4) is 0 Å². The number of aliphatic carboxylic acids is 1. The van der Waals surface area contributed by atoms with E-state index in [0.717, 1.165) is 35.3 Å². The Hall–Kier alpha value is -2.67. The standard InChI is InChI=1S/C23H28N2O4S/c1-14-8-9-17-18(10-14)30-23(25-19(26)11-15(2)12-20(27)28)21(17)22(29)24-13-16-6-4-3-5-7-16/h3-7,14-15H,8-13H2,1-2H3,(H,24,29)(H,25,26)(H,27,28). The highest BCUT2D eigenvalue weighted by molar-refractivity contribution is 7.17. The Bertz CT molecular complexity index is 923. The Labute approximate surface area is 180 Å². The number of carbonyl (C=O) groups is 3. The van der Waals surface area contributed by atoms with Crippen LogP contribution >= 0.6 is 11.3 Å². The molecule has 3 rings (SSSR count). The number of hydrogen-bond donors (Lipinski definition) is 3. The van der Waals surface area contributed by atoms with Gasteiger partial charge in [-0.3, -0.25) is 14.4 Å². The molecule has 2 amide bonds. The third-order valence-corrected chi connectivity index (χ3v) is 6.51. The molecule has 0 saturated carbocycles. The summed E-state index contributed by atoms with van der Waals surface area (Å²) in [6.45, 7) is 4.36. The van der Waals surface area contributed by atoms with Gasteiger partial charge in [0.15, 0.2) is 0 Å². The van der Waals surface area contributed by atoms with E-state index in [-0.39, 0.29) is 30.6 Å². The second kappa shape index (κ2) is 9.89. The number of benzene rings is 1. The fourth-order valence-corrected chi connectivity index (χ4v) is 5.23. The van der Waals surface area contributed by atoms with Crippen molar-refractivity contribution < 1.29 is 19.5 Å². The van der Waals surface area contributed by atoms with E-state index in [1.807, 2.05) is 30.3 Å². The van der Waals surface area contributed by atoms with Crippen molar-refractivity contribution in [3.63, 3.8) is 0 Å². The number of carbonyl (C=O) groups excluding carboxylic acids is 2. The molecule has 1 aliphatic carbocycles. The zero-order chi connectivity index (χ0) is 21.7. The lowest BCUT2D eigenvalue weighted by Crippen LogP contribution is -2.26. The van der Waals surface area contributed by atoms with Crippen LogP contribution in [0, 0.1) is 11.8 Å². The van der Waals surface area contributed by atoms with Crippen LogP contribution in [0.1, 0.15) is 59.5 Å². The first kappa shape index (κ1) is 22.0. The third-order valence-electron chi connectivity index (χ3n) is 5.34. The summed E-state index contributed by atoms with van der Waals surface area (Å²) in [6.07, 6.45) is 2.80. The first-order valence-corrected chi connectivity index (χ1v) is 11.1. The predicted octanol–water partition coefficient (Wildman–Crippen LogP) is 4.24. The molecule has 3 N–H and O–H groups in total. The van der Waals surface area contributed by atoms with E-state index in [1.165, 1.54) is 11.3 Å². The molecule has 1 aromatic carbocycles. The number of thiophene rings is 1. The maximum atomic E-state index is 13.1. The van der Waals surface area contributed by atoms with Gasteiger partial charge in [0, 0.05) is 24.3 Å². The quantitative estimate of drug-likeness (QED) is 0.586. The monoisotopic (exact) mass is 428 g/mol. The fraction of sp³-hybridized carbons (Fsp3) is 0.435. The smallest absolute Gasteiger partial charge is 0.303 e. The average Bonchev–Trinajstić information content (AvgIpc) is 3.02. The second-order valence-electron chi connectivity index (χ2n) is 8.18. The van der Waals surface area contributed by atoms with Gasteiger partial charge in [-0.2, -0.15) is 0 Å². The first-order chi connectivity index (χ1) is 14.3. The molecule has 2 atom stereocenters. The lowest BCUT2D eigenvalue weighted by molar-refractivity contribution is -0.138. The van der Waals surface area contributed by atoms with Crippen molar-refractivity contribution in [3.05, 3.63) is 51.9 Å². The molecule has 6 nitrogen and oxygen atoms in total. The number of amides is 2. The van der Waals surface area contributed by atoms with Gasteiger partial charge >= 0.3 is 5.97 Å². The van der Waals surface area contributed by atoms with E-state index in [2.05, 4.69) is 17.6 Å². The number of carboxylic acid groups (broad SMARTS) is 1. The highest BCUT2D eigenvalue weighted by Gasteiger charge is 2.28. The van der Waals surface area contributed by atoms with Crippen LogP contribution in [-0.4, -0.2) is 22.9 Å². The normalized spacial score (nSPS) is 16.4. The van der Waals surface area contributed by atoms with Gasteiger partial charge in [0.05, 0.1) is 5.56 Å². The average molecular weight is 429 g/mol. The highest BCUT2D eigenvalue weighted by Crippen LogP contribution is 2.39. The number of nitrogens with one attached hydrogen (secondary N) is 2. The van der Waals surface area contributed by atoms with Crippen LogP contribution in [0.4, 0.5) is 5.00 Å². The summed E-state index contributed by atoms with van der Waals surface area (Å²) in [5.41, 5.74) is 2.62. The van der Waals surface area contributed by atoms with Crippen molar-refractivity contribution in [1.82, 2.24) is 5.32 Å². The molecule has 0 radical (unpaired) electrons. The van der Waals surface area contributed by atoms with Gasteiger partial charge in [-0.25, -0.2) is 0 Å². The highest BCUT2D eigenvalue weighted by atomic mass is 32.1. The van der Waals surface area contributed by atoms with Gasteiger partial charge in [0.25, 0.3) is 5.91 Å². The molecule has 0 spiro atoms. The number of fused-ring (bicyclic) bond motifs is 1. The van der Waals surface area contributed by atoms with Gasteiger partial charge in [0.1, 0.15) is 5.00 Å². The van der Waals surface area contributed by atoms with Crippen LogP contribution in [0.2, 0.25) is 0 Å². The molecule has 0 bridgehead atoms. The molecule has 160 valence electrons. The Morgan fingerprint density at radius 1 is 1.20 bits per heavy atom. The molecule has 1 heterocycles. The molecule has 7 heteroatoms. The van der Waals surface area contributed by atoms with Crippen molar-refractivity contribution in [1.29, 1.82) is 0 Å². The van der Waals surface area contributed by atoms with E-state index >= 15 is 0 Å². The lowest BCUT2D eigenvalue weighted by atomic mass is 9.88. The van der Waals surface area contributed by atoms with Crippen LogP contribution in [-0.2, 0) is 29.0 Å². The summed E-state index contributed by atoms with van der Waals surface area (Å²) in [7, 11) is 0. The lowest BCUT2D eigenvalue weighted by Gasteiger charge is -2.18. The Morgan fingerprint density at radius 3 is 2.63 bits per heavy atom. The van der Waals surface area contributed by atoms with Crippen molar-refractivity contribution in [3.8, 4) is 0 Å². The predicted molar refractivity (Wildman–Crippen MR) is 118 cm³/mol. The maximum Gasteiger partial charge on any atom is 0.303 e. The molecular formula is C23H28N2O4S. The fourth-order valence-electron chi connectivity index (χ4n) is 3.81.